The van der Waals surface area contributed by atoms with Crippen LogP contribution in [0, 0.1) is 5.41 Å². The Morgan fingerprint density at radius 2 is 2.17 bits per heavy atom. The molecule has 18 heavy (non-hydrogen) atoms. The summed E-state index contributed by atoms with van der Waals surface area (Å²) in [6, 6.07) is 6.87. The molecule has 1 unspecified atom stereocenters. The highest BCUT2D eigenvalue weighted by Crippen LogP contribution is 2.42. The van der Waals surface area contributed by atoms with Crippen LogP contribution in [-0.4, -0.2) is 19.5 Å². The van der Waals surface area contributed by atoms with Crippen LogP contribution < -0.4 is 10.2 Å². The average molecular weight is 244 g/mol. The Morgan fingerprint density at radius 1 is 1.39 bits per heavy atom. The number of benzene rings is 1. The van der Waals surface area contributed by atoms with Crippen molar-refractivity contribution >= 4 is 11.6 Å². The van der Waals surface area contributed by atoms with E-state index in [0.29, 0.717) is 17.9 Å². The van der Waals surface area contributed by atoms with Gasteiger partial charge in [0.25, 0.3) is 0 Å². The molecule has 2 heterocycles. The number of amides is 1. The topological polar surface area (TPSA) is 32.3 Å². The summed E-state index contributed by atoms with van der Waals surface area (Å²) in [5.41, 5.74) is 3.85. The van der Waals surface area contributed by atoms with Crippen molar-refractivity contribution in [3.63, 3.8) is 0 Å². The molecule has 0 bridgehead atoms. The Balaban J connectivity index is 1.97. The van der Waals surface area contributed by atoms with Gasteiger partial charge < -0.3 is 10.2 Å². The van der Waals surface area contributed by atoms with Crippen molar-refractivity contribution in [3.05, 3.63) is 29.3 Å². The van der Waals surface area contributed by atoms with E-state index in [0.717, 1.165) is 12.2 Å². The zero-order valence-electron chi connectivity index (χ0n) is 11.3. The summed E-state index contributed by atoms with van der Waals surface area (Å²) in [5.74, 6) is 0.195. The quantitative estimate of drug-likeness (QED) is 0.822. The van der Waals surface area contributed by atoms with E-state index in [2.05, 4.69) is 37.4 Å². The van der Waals surface area contributed by atoms with Crippen molar-refractivity contribution in [3.8, 4) is 0 Å². The molecule has 3 heteroatoms. The first-order chi connectivity index (χ1) is 8.49. The van der Waals surface area contributed by atoms with E-state index in [1.165, 1.54) is 17.5 Å². The summed E-state index contributed by atoms with van der Waals surface area (Å²) in [6.07, 6.45) is 1.75. The number of carbonyl (C=O) groups is 1. The van der Waals surface area contributed by atoms with Gasteiger partial charge in [-0.05, 0) is 35.6 Å². The number of fused-ring (bicyclic) bond motifs is 1. The molecule has 2 aliphatic heterocycles. The number of nitrogens with one attached hydrogen (secondary N) is 1. The van der Waals surface area contributed by atoms with E-state index in [1.807, 2.05) is 7.05 Å². The molecular weight excluding hydrogens is 224 g/mol. The molecule has 1 aromatic carbocycles. The molecule has 1 saturated heterocycles. The van der Waals surface area contributed by atoms with Crippen molar-refractivity contribution in [1.29, 1.82) is 0 Å². The first kappa shape index (κ1) is 11.7. The summed E-state index contributed by atoms with van der Waals surface area (Å²) in [6.45, 7) is 5.69. The van der Waals surface area contributed by atoms with Crippen molar-refractivity contribution in [2.75, 3.05) is 18.5 Å². The minimum absolute atomic E-state index is 0.195. The van der Waals surface area contributed by atoms with Gasteiger partial charge >= 0.3 is 0 Å². The molecule has 1 aromatic rings. The summed E-state index contributed by atoms with van der Waals surface area (Å²) in [5, 5.41) is 3.58. The van der Waals surface area contributed by atoms with Gasteiger partial charge in [-0.25, -0.2) is 0 Å². The standard InChI is InChI=1S/C15H20N2O/c1-15(2)6-7-16-14(15)10-4-5-12-11(8-10)9-13(18)17(12)3/h4-5,8,14,16H,6-7,9H2,1-3H3. The summed E-state index contributed by atoms with van der Waals surface area (Å²) >= 11 is 0. The first-order valence-electron chi connectivity index (χ1n) is 6.62. The lowest BCUT2D eigenvalue weighted by Crippen LogP contribution is -2.23. The molecule has 3 rings (SSSR count). The monoisotopic (exact) mass is 244 g/mol. The maximum absolute atomic E-state index is 11.7. The van der Waals surface area contributed by atoms with Gasteiger partial charge in [0.15, 0.2) is 0 Å². The molecule has 1 N–H and O–H groups in total. The second-order valence-electron chi connectivity index (χ2n) is 6.14. The summed E-state index contributed by atoms with van der Waals surface area (Å²) in [4.78, 5) is 13.5. The fraction of sp³-hybridized carbons (Fsp3) is 0.533. The van der Waals surface area contributed by atoms with Crippen molar-refractivity contribution in [1.82, 2.24) is 5.32 Å². The van der Waals surface area contributed by atoms with Gasteiger partial charge in [-0.2, -0.15) is 0 Å². The number of likely N-dealkylation sites (N-methyl/N-ethyl adjacent to an activating group) is 1. The number of carbonyl (C=O) groups excluding carboxylic acids is 1. The zero-order chi connectivity index (χ0) is 12.9. The summed E-state index contributed by atoms with van der Waals surface area (Å²) < 4.78 is 0. The molecule has 1 atom stereocenters. The maximum atomic E-state index is 11.7. The van der Waals surface area contributed by atoms with Crippen LogP contribution in [0.2, 0.25) is 0 Å². The van der Waals surface area contributed by atoms with E-state index in [1.54, 1.807) is 4.90 Å². The molecule has 96 valence electrons. The predicted molar refractivity (Wildman–Crippen MR) is 72.7 cm³/mol. The molecule has 0 spiro atoms. The van der Waals surface area contributed by atoms with Crippen LogP contribution in [0.5, 0.6) is 0 Å². The van der Waals surface area contributed by atoms with Crippen LogP contribution in [0.1, 0.15) is 37.4 Å². The molecule has 0 aromatic heterocycles. The molecule has 0 saturated carbocycles. The number of hydrogen-bond donors (Lipinski definition) is 1. The lowest BCUT2D eigenvalue weighted by molar-refractivity contribution is -0.117. The van der Waals surface area contributed by atoms with Crippen molar-refractivity contribution in [2.24, 2.45) is 5.41 Å². The van der Waals surface area contributed by atoms with Crippen LogP contribution in [0.4, 0.5) is 5.69 Å². The fourth-order valence-corrected chi connectivity index (χ4v) is 3.20. The minimum Gasteiger partial charge on any atom is -0.315 e. The van der Waals surface area contributed by atoms with Crippen LogP contribution >= 0.6 is 0 Å². The number of anilines is 1. The number of nitrogens with zero attached hydrogens (tertiary/aromatic N) is 1. The van der Waals surface area contributed by atoms with Crippen LogP contribution in [0.25, 0.3) is 0 Å². The van der Waals surface area contributed by atoms with Crippen molar-refractivity contribution in [2.45, 2.75) is 32.7 Å². The first-order valence-corrected chi connectivity index (χ1v) is 6.62. The van der Waals surface area contributed by atoms with E-state index in [-0.39, 0.29) is 5.91 Å². The third-order valence-electron chi connectivity index (χ3n) is 4.41. The zero-order valence-corrected chi connectivity index (χ0v) is 11.3. The molecule has 0 aliphatic carbocycles. The van der Waals surface area contributed by atoms with Crippen LogP contribution in [0.15, 0.2) is 18.2 Å². The molecule has 2 aliphatic rings. The third kappa shape index (κ3) is 1.65. The van der Waals surface area contributed by atoms with Crippen molar-refractivity contribution < 1.29 is 4.79 Å². The maximum Gasteiger partial charge on any atom is 0.231 e. The van der Waals surface area contributed by atoms with E-state index < -0.39 is 0 Å². The van der Waals surface area contributed by atoms with Gasteiger partial charge in [0.1, 0.15) is 0 Å². The highest BCUT2D eigenvalue weighted by molar-refractivity contribution is 6.00. The second-order valence-corrected chi connectivity index (χ2v) is 6.14. The average Bonchev–Trinajstić information content (AvgIpc) is 2.80. The Morgan fingerprint density at radius 3 is 2.83 bits per heavy atom. The number of hydrogen-bond acceptors (Lipinski definition) is 2. The highest BCUT2D eigenvalue weighted by atomic mass is 16.2. The lowest BCUT2D eigenvalue weighted by atomic mass is 9.81. The molecule has 1 amide bonds. The van der Waals surface area contributed by atoms with Gasteiger partial charge in [0, 0.05) is 18.8 Å². The Hall–Kier alpha value is -1.35. The van der Waals surface area contributed by atoms with Gasteiger partial charge in [-0.15, -0.1) is 0 Å². The third-order valence-corrected chi connectivity index (χ3v) is 4.41. The van der Waals surface area contributed by atoms with Crippen LogP contribution in [-0.2, 0) is 11.2 Å². The van der Waals surface area contributed by atoms with E-state index >= 15 is 0 Å². The lowest BCUT2D eigenvalue weighted by Gasteiger charge is -2.27. The summed E-state index contributed by atoms with van der Waals surface area (Å²) in [7, 11) is 1.85. The highest BCUT2D eigenvalue weighted by Gasteiger charge is 2.36. The SMILES string of the molecule is CN1C(=O)Cc2cc(C3NCCC3(C)C)ccc21. The number of rotatable bonds is 1. The largest absolute Gasteiger partial charge is 0.315 e. The van der Waals surface area contributed by atoms with Crippen LogP contribution in [0.3, 0.4) is 0 Å². The van der Waals surface area contributed by atoms with Gasteiger partial charge in [-0.3, -0.25) is 4.79 Å². The Bertz CT molecular complexity index is 507. The molecule has 0 radical (unpaired) electrons. The van der Waals surface area contributed by atoms with Gasteiger partial charge in [-0.1, -0.05) is 26.0 Å². The smallest absolute Gasteiger partial charge is 0.231 e. The Kier molecular flexibility index (Phi) is 2.49. The Labute approximate surface area is 108 Å². The van der Waals surface area contributed by atoms with E-state index in [4.69, 9.17) is 0 Å². The predicted octanol–water partition coefficient (Wildman–Crippen LogP) is 2.27. The second kappa shape index (κ2) is 3.82. The van der Waals surface area contributed by atoms with E-state index in [9.17, 15) is 4.79 Å². The minimum atomic E-state index is 0.195. The molecular formula is C15H20N2O. The fourth-order valence-electron chi connectivity index (χ4n) is 3.20. The molecule has 1 fully saturated rings. The normalized spacial score (nSPS) is 25.6. The van der Waals surface area contributed by atoms with Gasteiger partial charge in [0.2, 0.25) is 5.91 Å². The van der Waals surface area contributed by atoms with Gasteiger partial charge in [0.05, 0.1) is 6.42 Å². The molecule has 3 nitrogen and oxygen atoms in total.